The van der Waals surface area contributed by atoms with Gasteiger partial charge in [0.05, 0.1) is 5.92 Å². The Bertz CT molecular complexity index is 261. The molecular weight excluding hydrogens is 188 g/mol. The van der Waals surface area contributed by atoms with Gasteiger partial charge in [0.1, 0.15) is 6.10 Å². The van der Waals surface area contributed by atoms with Crippen LogP contribution in [0.15, 0.2) is 0 Å². The normalized spacial score (nSPS) is 45.0. The molecule has 0 amide bonds. The monoisotopic (exact) mass is 210 g/mol. The predicted molar refractivity (Wildman–Crippen MR) is 59.4 cm³/mol. The van der Waals surface area contributed by atoms with Crippen LogP contribution < -0.4 is 0 Å². The van der Waals surface area contributed by atoms with Crippen LogP contribution in [0, 0.1) is 17.3 Å². The van der Waals surface area contributed by atoms with Crippen molar-refractivity contribution in [3.05, 3.63) is 0 Å². The molecule has 0 aromatic carbocycles. The van der Waals surface area contributed by atoms with Crippen LogP contribution in [0.2, 0.25) is 0 Å². The molecule has 86 valence electrons. The molecule has 15 heavy (non-hydrogen) atoms. The number of esters is 1. The topological polar surface area (TPSA) is 26.3 Å². The number of rotatable bonds is 2. The maximum Gasteiger partial charge on any atom is 0.309 e. The highest BCUT2D eigenvalue weighted by atomic mass is 16.6. The third-order valence-electron chi connectivity index (χ3n) is 4.39. The van der Waals surface area contributed by atoms with Gasteiger partial charge in [0.25, 0.3) is 0 Å². The van der Waals surface area contributed by atoms with E-state index in [0.29, 0.717) is 11.3 Å². The summed E-state index contributed by atoms with van der Waals surface area (Å²) in [5.74, 6) is 0.675. The smallest absolute Gasteiger partial charge is 0.309 e. The number of hydrogen-bond acceptors (Lipinski definition) is 2. The molecule has 2 aliphatic rings. The molecule has 0 radical (unpaired) electrons. The van der Waals surface area contributed by atoms with Gasteiger partial charge in [-0.1, -0.05) is 27.2 Å². The maximum atomic E-state index is 11.5. The van der Waals surface area contributed by atoms with Gasteiger partial charge in [-0.05, 0) is 31.1 Å². The van der Waals surface area contributed by atoms with Crippen molar-refractivity contribution in [3.8, 4) is 0 Å². The average molecular weight is 210 g/mol. The Kier molecular flexibility index (Phi) is 2.78. The Labute approximate surface area is 92.4 Å². The summed E-state index contributed by atoms with van der Waals surface area (Å²) < 4.78 is 5.48. The maximum absolute atomic E-state index is 11.5. The van der Waals surface area contributed by atoms with E-state index < -0.39 is 0 Å². The molecule has 1 saturated carbocycles. The van der Waals surface area contributed by atoms with Gasteiger partial charge in [-0.2, -0.15) is 0 Å². The Morgan fingerprint density at radius 3 is 2.93 bits per heavy atom. The van der Waals surface area contributed by atoms with E-state index in [2.05, 4.69) is 13.8 Å². The summed E-state index contributed by atoms with van der Waals surface area (Å²) in [6.07, 6.45) is 6.25. The van der Waals surface area contributed by atoms with Crippen LogP contribution in [-0.2, 0) is 9.53 Å². The lowest BCUT2D eigenvalue weighted by atomic mass is 9.66. The number of hydrogen-bond donors (Lipinski definition) is 0. The molecule has 1 aliphatic carbocycles. The largest absolute Gasteiger partial charge is 0.462 e. The fourth-order valence-electron chi connectivity index (χ4n) is 3.40. The molecule has 0 bridgehead atoms. The quantitative estimate of drug-likeness (QED) is 0.654. The zero-order valence-electron chi connectivity index (χ0n) is 10.1. The molecule has 2 nitrogen and oxygen atoms in total. The van der Waals surface area contributed by atoms with Crippen molar-refractivity contribution in [2.75, 3.05) is 0 Å². The van der Waals surface area contributed by atoms with Crippen LogP contribution in [0.5, 0.6) is 0 Å². The van der Waals surface area contributed by atoms with E-state index in [9.17, 15) is 4.79 Å². The fourth-order valence-corrected chi connectivity index (χ4v) is 3.40. The highest BCUT2D eigenvalue weighted by Gasteiger charge is 2.47. The van der Waals surface area contributed by atoms with E-state index in [0.717, 1.165) is 6.42 Å². The first-order valence-corrected chi connectivity index (χ1v) is 6.26. The summed E-state index contributed by atoms with van der Waals surface area (Å²) in [6.45, 7) is 6.61. The standard InChI is InChI=1S/C13H22O2/c1-4-6-13(3)7-5-10-9(2)12(14)15-11(10)8-13/h9-11H,4-8H2,1-3H3/t9?,10-,11?,13?/m0/s1. The molecule has 0 spiro atoms. The first-order chi connectivity index (χ1) is 7.06. The molecule has 3 unspecified atom stereocenters. The molecular formula is C13H22O2. The lowest BCUT2D eigenvalue weighted by Gasteiger charge is -2.39. The molecule has 4 atom stereocenters. The van der Waals surface area contributed by atoms with Crippen molar-refractivity contribution in [2.24, 2.45) is 17.3 Å². The molecule has 2 heteroatoms. The Morgan fingerprint density at radius 1 is 1.53 bits per heavy atom. The second-order valence-corrected chi connectivity index (χ2v) is 5.73. The van der Waals surface area contributed by atoms with E-state index in [1.807, 2.05) is 6.92 Å². The summed E-state index contributed by atoms with van der Waals surface area (Å²) in [4.78, 5) is 11.5. The minimum absolute atomic E-state index is 0.0331. The van der Waals surface area contributed by atoms with Gasteiger partial charge in [0.15, 0.2) is 0 Å². The van der Waals surface area contributed by atoms with Crippen LogP contribution in [0.4, 0.5) is 0 Å². The molecule has 0 aromatic rings. The van der Waals surface area contributed by atoms with Crippen LogP contribution in [0.1, 0.15) is 52.9 Å². The summed E-state index contributed by atoms with van der Waals surface area (Å²) in [5, 5.41) is 0. The minimum atomic E-state index is 0.0331. The SMILES string of the molecule is CCCC1(C)CC[C@@H]2C(C1)OC(=O)C2C. The lowest BCUT2D eigenvalue weighted by molar-refractivity contribution is -0.145. The molecule has 1 aliphatic heterocycles. The van der Waals surface area contributed by atoms with Crippen molar-refractivity contribution < 1.29 is 9.53 Å². The van der Waals surface area contributed by atoms with Gasteiger partial charge in [-0.15, -0.1) is 0 Å². The van der Waals surface area contributed by atoms with Crippen molar-refractivity contribution in [1.29, 1.82) is 0 Å². The molecule has 0 N–H and O–H groups in total. The van der Waals surface area contributed by atoms with Crippen LogP contribution in [0.25, 0.3) is 0 Å². The van der Waals surface area contributed by atoms with Gasteiger partial charge in [-0.25, -0.2) is 0 Å². The van der Waals surface area contributed by atoms with Gasteiger partial charge >= 0.3 is 5.97 Å². The van der Waals surface area contributed by atoms with Crippen LogP contribution >= 0.6 is 0 Å². The molecule has 2 fully saturated rings. The van der Waals surface area contributed by atoms with E-state index in [-0.39, 0.29) is 18.0 Å². The predicted octanol–water partition coefficient (Wildman–Crippen LogP) is 3.15. The first-order valence-electron chi connectivity index (χ1n) is 6.26. The van der Waals surface area contributed by atoms with Crippen molar-refractivity contribution >= 4 is 5.97 Å². The van der Waals surface area contributed by atoms with E-state index >= 15 is 0 Å². The lowest BCUT2D eigenvalue weighted by Crippen LogP contribution is -2.34. The van der Waals surface area contributed by atoms with Crippen molar-refractivity contribution in [3.63, 3.8) is 0 Å². The number of carbonyl (C=O) groups is 1. The van der Waals surface area contributed by atoms with Crippen molar-refractivity contribution in [1.82, 2.24) is 0 Å². The van der Waals surface area contributed by atoms with Gasteiger partial charge in [-0.3, -0.25) is 4.79 Å². The van der Waals surface area contributed by atoms with E-state index in [4.69, 9.17) is 4.74 Å². The fraction of sp³-hybridized carbons (Fsp3) is 0.923. The summed E-state index contributed by atoms with van der Waals surface area (Å²) >= 11 is 0. The Balaban J connectivity index is 2.05. The molecule has 2 rings (SSSR count). The first kappa shape index (κ1) is 11.0. The van der Waals surface area contributed by atoms with Gasteiger partial charge in [0.2, 0.25) is 0 Å². The van der Waals surface area contributed by atoms with Crippen LogP contribution in [0.3, 0.4) is 0 Å². The van der Waals surface area contributed by atoms with Gasteiger partial charge in [0, 0.05) is 5.92 Å². The van der Waals surface area contributed by atoms with Crippen LogP contribution in [-0.4, -0.2) is 12.1 Å². The average Bonchev–Trinajstić information content (AvgIpc) is 2.42. The third-order valence-corrected chi connectivity index (χ3v) is 4.39. The summed E-state index contributed by atoms with van der Waals surface area (Å²) in [7, 11) is 0. The molecule has 1 saturated heterocycles. The molecule has 1 heterocycles. The highest BCUT2D eigenvalue weighted by Crippen LogP contribution is 2.48. The summed E-state index contributed by atoms with van der Waals surface area (Å²) in [5.41, 5.74) is 0.417. The second kappa shape index (κ2) is 3.80. The highest BCUT2D eigenvalue weighted by molar-refractivity contribution is 5.74. The number of fused-ring (bicyclic) bond motifs is 1. The second-order valence-electron chi connectivity index (χ2n) is 5.73. The number of ether oxygens (including phenoxy) is 1. The zero-order valence-corrected chi connectivity index (χ0v) is 10.1. The Morgan fingerprint density at radius 2 is 2.27 bits per heavy atom. The molecule has 0 aromatic heterocycles. The Hall–Kier alpha value is -0.530. The third kappa shape index (κ3) is 1.91. The van der Waals surface area contributed by atoms with Gasteiger partial charge < -0.3 is 4.74 Å². The minimum Gasteiger partial charge on any atom is -0.462 e. The van der Waals surface area contributed by atoms with E-state index in [1.165, 1.54) is 25.7 Å². The number of carbonyl (C=O) groups excluding carboxylic acids is 1. The zero-order chi connectivity index (χ0) is 11.1. The van der Waals surface area contributed by atoms with E-state index in [1.54, 1.807) is 0 Å². The summed E-state index contributed by atoms with van der Waals surface area (Å²) in [6, 6.07) is 0. The van der Waals surface area contributed by atoms with Crippen molar-refractivity contribution in [2.45, 2.75) is 59.0 Å².